The van der Waals surface area contributed by atoms with Crippen LogP contribution in [0, 0.1) is 18.6 Å². The van der Waals surface area contributed by atoms with E-state index >= 15 is 0 Å². The minimum Gasteiger partial charge on any atom is -0.505 e. The van der Waals surface area contributed by atoms with Gasteiger partial charge in [0, 0.05) is 24.7 Å². The molecule has 0 spiro atoms. The highest BCUT2D eigenvalue weighted by atomic mass is 32.1. The molecule has 1 aromatic carbocycles. The Morgan fingerprint density at radius 3 is 2.64 bits per heavy atom. The summed E-state index contributed by atoms with van der Waals surface area (Å²) in [4.78, 5) is 10.5. The minimum atomic E-state index is -0.745. The van der Waals surface area contributed by atoms with Crippen LogP contribution in [-0.4, -0.2) is 45.3 Å². The lowest BCUT2D eigenvalue weighted by Gasteiger charge is -2.40. The van der Waals surface area contributed by atoms with Crippen molar-refractivity contribution < 1.29 is 18.6 Å². The molecule has 148 valence electrons. The number of phenols is 1. The fourth-order valence-electron chi connectivity index (χ4n) is 3.90. The fourth-order valence-corrected chi connectivity index (χ4v) is 4.73. The molecule has 3 unspecified atom stereocenters. The lowest BCUT2D eigenvalue weighted by molar-refractivity contribution is -0.0774. The molecule has 0 radical (unpaired) electrons. The summed E-state index contributed by atoms with van der Waals surface area (Å²) in [5.41, 5.74) is 1.06. The van der Waals surface area contributed by atoms with Gasteiger partial charge in [0.2, 0.25) is 0 Å². The number of pyridine rings is 1. The van der Waals surface area contributed by atoms with Gasteiger partial charge in [0.25, 0.3) is 0 Å². The van der Waals surface area contributed by atoms with Gasteiger partial charge >= 0.3 is 0 Å². The van der Waals surface area contributed by atoms with Crippen LogP contribution in [0.2, 0.25) is 0 Å². The van der Waals surface area contributed by atoms with Crippen molar-refractivity contribution in [1.29, 1.82) is 0 Å². The third-order valence-electron chi connectivity index (χ3n) is 4.88. The van der Waals surface area contributed by atoms with E-state index in [1.165, 1.54) is 11.3 Å². The van der Waals surface area contributed by atoms with Crippen LogP contribution >= 0.6 is 11.3 Å². The fraction of sp³-hybridized carbons (Fsp3) is 0.400. The summed E-state index contributed by atoms with van der Waals surface area (Å²) in [6.45, 7) is 6.82. The van der Waals surface area contributed by atoms with Crippen molar-refractivity contribution in [3.05, 3.63) is 52.3 Å². The summed E-state index contributed by atoms with van der Waals surface area (Å²) in [6.07, 6.45) is 0.866. The van der Waals surface area contributed by atoms with Gasteiger partial charge in [-0.25, -0.2) is 13.8 Å². The van der Waals surface area contributed by atoms with Crippen molar-refractivity contribution in [1.82, 2.24) is 14.9 Å². The van der Waals surface area contributed by atoms with E-state index < -0.39 is 17.7 Å². The average molecular weight is 405 g/mol. The number of phenolic OH excluding ortho intramolecular Hbond substituents is 1. The molecule has 5 nitrogen and oxygen atoms in total. The third-order valence-corrected chi connectivity index (χ3v) is 5.81. The van der Waals surface area contributed by atoms with Crippen molar-refractivity contribution in [3.8, 4) is 5.75 Å². The van der Waals surface area contributed by atoms with E-state index in [1.807, 2.05) is 31.7 Å². The standard InChI is InChI=1S/C20H21F2N3O2S/c1-10-8-25(9-11(2)27-10)19(17-15(22)6-13(21)7-23-17)14-4-5-16-18(20(14)26)24-12(3)28-16/h4-7,10-11,19,26H,8-9H2,1-3H3. The molecule has 0 saturated carbocycles. The van der Waals surface area contributed by atoms with Gasteiger partial charge in [-0.3, -0.25) is 9.88 Å². The van der Waals surface area contributed by atoms with Gasteiger partial charge in [-0.2, -0.15) is 0 Å². The smallest absolute Gasteiger partial charge is 0.149 e. The van der Waals surface area contributed by atoms with Crippen molar-refractivity contribution >= 4 is 21.6 Å². The van der Waals surface area contributed by atoms with Gasteiger partial charge in [-0.15, -0.1) is 11.3 Å². The first-order valence-corrected chi connectivity index (χ1v) is 9.94. The van der Waals surface area contributed by atoms with Crippen LogP contribution in [0.5, 0.6) is 5.75 Å². The van der Waals surface area contributed by atoms with E-state index in [-0.39, 0.29) is 23.7 Å². The summed E-state index contributed by atoms with van der Waals surface area (Å²) in [7, 11) is 0. The molecule has 2 aromatic heterocycles. The average Bonchev–Trinajstić information content (AvgIpc) is 2.99. The topological polar surface area (TPSA) is 58.5 Å². The maximum absolute atomic E-state index is 14.7. The van der Waals surface area contributed by atoms with Gasteiger partial charge in [-0.05, 0) is 26.8 Å². The zero-order valence-electron chi connectivity index (χ0n) is 15.8. The van der Waals surface area contributed by atoms with Gasteiger partial charge < -0.3 is 9.84 Å². The van der Waals surface area contributed by atoms with E-state index in [1.54, 1.807) is 6.07 Å². The molecule has 1 N–H and O–H groups in total. The SMILES string of the molecule is Cc1nc2c(O)c(C(c3ncc(F)cc3F)N3CC(C)OC(C)C3)ccc2s1. The Balaban J connectivity index is 1.89. The quantitative estimate of drug-likeness (QED) is 0.708. The van der Waals surface area contributed by atoms with E-state index in [2.05, 4.69) is 9.97 Å². The molecule has 1 fully saturated rings. The number of aromatic nitrogens is 2. The number of rotatable bonds is 3. The zero-order valence-corrected chi connectivity index (χ0v) is 16.6. The number of ether oxygens (including phenoxy) is 1. The highest BCUT2D eigenvalue weighted by molar-refractivity contribution is 7.18. The number of halogens is 2. The molecule has 3 aromatic rings. The first-order valence-electron chi connectivity index (χ1n) is 9.13. The predicted octanol–water partition coefficient (Wildman–Crippen LogP) is 4.18. The largest absolute Gasteiger partial charge is 0.505 e. The molecule has 3 atom stereocenters. The van der Waals surface area contributed by atoms with Crippen molar-refractivity contribution in [2.75, 3.05) is 13.1 Å². The Kier molecular flexibility index (Phi) is 5.03. The first kappa shape index (κ1) is 19.2. The Morgan fingerprint density at radius 2 is 1.96 bits per heavy atom. The lowest BCUT2D eigenvalue weighted by Crippen LogP contribution is -2.47. The van der Waals surface area contributed by atoms with Crippen molar-refractivity contribution in [3.63, 3.8) is 0 Å². The summed E-state index contributed by atoms with van der Waals surface area (Å²) >= 11 is 1.48. The molecule has 0 amide bonds. The maximum Gasteiger partial charge on any atom is 0.149 e. The number of morpholine rings is 1. The molecule has 4 rings (SSSR count). The number of aryl methyl sites for hydroxylation is 1. The Labute approximate surface area is 165 Å². The molecule has 8 heteroatoms. The van der Waals surface area contributed by atoms with E-state index in [0.717, 1.165) is 22.0 Å². The molecule has 1 aliphatic rings. The van der Waals surface area contributed by atoms with E-state index in [4.69, 9.17) is 4.74 Å². The Bertz CT molecular complexity index is 1020. The molecular formula is C20H21F2N3O2S. The summed E-state index contributed by atoms with van der Waals surface area (Å²) in [5, 5.41) is 11.8. The summed E-state index contributed by atoms with van der Waals surface area (Å²) in [5.74, 6) is -1.48. The Hall–Kier alpha value is -2.16. The number of fused-ring (bicyclic) bond motifs is 1. The monoisotopic (exact) mass is 405 g/mol. The second-order valence-corrected chi connectivity index (χ2v) is 8.45. The van der Waals surface area contributed by atoms with Gasteiger partial charge in [0.1, 0.15) is 22.9 Å². The molecule has 1 saturated heterocycles. The normalized spacial score (nSPS) is 21.9. The number of hydrogen-bond donors (Lipinski definition) is 1. The molecule has 28 heavy (non-hydrogen) atoms. The maximum atomic E-state index is 14.7. The molecule has 3 heterocycles. The second-order valence-electron chi connectivity index (χ2n) is 7.22. The molecule has 0 aliphatic carbocycles. The number of hydrogen-bond acceptors (Lipinski definition) is 6. The molecule has 0 bridgehead atoms. The molecular weight excluding hydrogens is 384 g/mol. The van der Waals surface area contributed by atoms with Crippen LogP contribution in [0.3, 0.4) is 0 Å². The van der Waals surface area contributed by atoms with Crippen LogP contribution in [-0.2, 0) is 4.74 Å². The van der Waals surface area contributed by atoms with Crippen LogP contribution in [0.25, 0.3) is 10.2 Å². The van der Waals surface area contributed by atoms with E-state index in [0.29, 0.717) is 24.2 Å². The highest BCUT2D eigenvalue weighted by Gasteiger charge is 2.34. The van der Waals surface area contributed by atoms with Gasteiger partial charge in [-0.1, -0.05) is 6.07 Å². The molecule has 1 aliphatic heterocycles. The van der Waals surface area contributed by atoms with E-state index in [9.17, 15) is 13.9 Å². The highest BCUT2D eigenvalue weighted by Crippen LogP contribution is 2.40. The Morgan fingerprint density at radius 1 is 1.25 bits per heavy atom. The lowest BCUT2D eigenvalue weighted by atomic mass is 9.97. The summed E-state index contributed by atoms with van der Waals surface area (Å²) < 4.78 is 34.9. The first-order chi connectivity index (χ1) is 13.3. The number of nitrogens with zero attached hydrogens (tertiary/aromatic N) is 3. The second kappa shape index (κ2) is 7.35. The van der Waals surface area contributed by atoms with Gasteiger partial charge in [0.05, 0.1) is 39.8 Å². The minimum absolute atomic E-state index is 0.00386. The van der Waals surface area contributed by atoms with Crippen molar-refractivity contribution in [2.45, 2.75) is 39.0 Å². The van der Waals surface area contributed by atoms with Crippen LogP contribution in [0.15, 0.2) is 24.4 Å². The number of thiazole rings is 1. The third kappa shape index (κ3) is 3.47. The number of benzene rings is 1. The van der Waals surface area contributed by atoms with Crippen LogP contribution in [0.1, 0.15) is 36.2 Å². The van der Waals surface area contributed by atoms with Crippen LogP contribution in [0.4, 0.5) is 8.78 Å². The number of aromatic hydroxyl groups is 1. The van der Waals surface area contributed by atoms with Crippen LogP contribution < -0.4 is 0 Å². The predicted molar refractivity (Wildman–Crippen MR) is 104 cm³/mol. The summed E-state index contributed by atoms with van der Waals surface area (Å²) in [6, 6.07) is 3.79. The van der Waals surface area contributed by atoms with Crippen molar-refractivity contribution in [2.24, 2.45) is 0 Å². The van der Waals surface area contributed by atoms with Gasteiger partial charge in [0.15, 0.2) is 0 Å². The zero-order chi connectivity index (χ0) is 20.0.